The minimum absolute atomic E-state index is 0.0422. The van der Waals surface area contributed by atoms with Gasteiger partial charge in [-0.3, -0.25) is 9.25 Å². The summed E-state index contributed by atoms with van der Waals surface area (Å²) in [6.45, 7) is 0. The molecule has 2 heterocycles. The number of H-pyrrole nitrogens is 1. The molecule has 0 saturated heterocycles. The van der Waals surface area contributed by atoms with Crippen LogP contribution in [0.5, 0.6) is 0 Å². The Morgan fingerprint density at radius 3 is 2.83 bits per heavy atom. The number of nitrogens with one attached hydrogen (secondary N) is 1. The van der Waals surface area contributed by atoms with E-state index in [1.807, 2.05) is 0 Å². The van der Waals surface area contributed by atoms with Crippen LogP contribution in [0.4, 0.5) is 8.78 Å². The first-order valence-corrected chi connectivity index (χ1v) is 5.15. The highest BCUT2D eigenvalue weighted by molar-refractivity contribution is 5.82. The minimum Gasteiger partial charge on any atom is -0.312 e. The van der Waals surface area contributed by atoms with Gasteiger partial charge in [0.1, 0.15) is 5.52 Å². The van der Waals surface area contributed by atoms with Crippen molar-refractivity contribution in [2.45, 2.75) is 0 Å². The van der Waals surface area contributed by atoms with Gasteiger partial charge in [0.15, 0.2) is 11.6 Å². The second-order valence-corrected chi connectivity index (χ2v) is 3.86. The number of benzene rings is 1. The topological polar surface area (TPSA) is 55.6 Å². The number of fused-ring (bicyclic) bond motifs is 1. The monoisotopic (exact) mass is 250 g/mol. The Balaban J connectivity index is 2.43. The number of hydrogen-bond donors (Lipinski definition) is 1. The van der Waals surface area contributed by atoms with Crippen molar-refractivity contribution in [2.75, 3.05) is 0 Å². The Morgan fingerprint density at radius 2 is 2.17 bits per heavy atom. The highest BCUT2D eigenvalue weighted by atomic mass is 19.1. The van der Waals surface area contributed by atoms with Gasteiger partial charge in [-0.05, 0) is 0 Å². The summed E-state index contributed by atoms with van der Waals surface area (Å²) in [5.74, 6) is -1.31. The second kappa shape index (κ2) is 3.52. The fraction of sp³-hybridized carbons (Fsp3) is 0.0909. The van der Waals surface area contributed by atoms with E-state index in [0.717, 1.165) is 10.6 Å². The van der Waals surface area contributed by atoms with Gasteiger partial charge in [-0.2, -0.15) is 5.10 Å². The van der Waals surface area contributed by atoms with E-state index in [1.54, 1.807) is 0 Å². The van der Waals surface area contributed by atoms with Crippen LogP contribution < -0.4 is 5.69 Å². The highest BCUT2D eigenvalue weighted by Crippen LogP contribution is 2.25. The molecule has 0 unspecified atom stereocenters. The summed E-state index contributed by atoms with van der Waals surface area (Å²) < 4.78 is 30.4. The fourth-order valence-electron chi connectivity index (χ4n) is 1.96. The van der Waals surface area contributed by atoms with Gasteiger partial charge in [0.2, 0.25) is 0 Å². The number of aromatic nitrogens is 4. The Morgan fingerprint density at radius 1 is 1.39 bits per heavy atom. The lowest BCUT2D eigenvalue weighted by Gasteiger charge is -2.05. The number of hydrogen-bond acceptors (Lipinski definition) is 2. The maximum absolute atomic E-state index is 14.2. The third kappa shape index (κ3) is 1.30. The fourth-order valence-corrected chi connectivity index (χ4v) is 1.96. The van der Waals surface area contributed by atoms with Crippen LogP contribution in [0.1, 0.15) is 0 Å². The second-order valence-electron chi connectivity index (χ2n) is 3.86. The Labute approximate surface area is 99.3 Å². The maximum Gasteiger partial charge on any atom is 0.330 e. The molecule has 1 aromatic carbocycles. The summed E-state index contributed by atoms with van der Waals surface area (Å²) in [4.78, 5) is 13.8. The van der Waals surface area contributed by atoms with Gasteiger partial charge >= 0.3 is 5.69 Å². The molecule has 18 heavy (non-hydrogen) atoms. The lowest BCUT2D eigenvalue weighted by Crippen LogP contribution is -2.15. The molecule has 3 rings (SSSR count). The zero-order valence-electron chi connectivity index (χ0n) is 9.32. The van der Waals surface area contributed by atoms with Crippen LogP contribution in [0.2, 0.25) is 0 Å². The maximum atomic E-state index is 14.2. The molecule has 7 heteroatoms. The summed E-state index contributed by atoms with van der Waals surface area (Å²) in [5.41, 5.74) is -0.601. The molecular weight excluding hydrogens is 242 g/mol. The predicted octanol–water partition coefficient (Wildman–Crippen LogP) is 1.33. The van der Waals surface area contributed by atoms with Crippen molar-refractivity contribution in [3.8, 4) is 5.69 Å². The molecule has 0 spiro atoms. The average molecular weight is 250 g/mol. The van der Waals surface area contributed by atoms with Gasteiger partial charge in [-0.15, -0.1) is 0 Å². The van der Waals surface area contributed by atoms with Crippen molar-refractivity contribution in [2.24, 2.45) is 7.05 Å². The summed E-state index contributed by atoms with van der Waals surface area (Å²) in [7, 11) is 1.52. The molecule has 0 amide bonds. The Bertz CT molecular complexity index is 799. The van der Waals surface area contributed by atoms with Crippen LogP contribution in [-0.4, -0.2) is 19.3 Å². The minimum atomic E-state index is -0.679. The van der Waals surface area contributed by atoms with Gasteiger partial charge in [-0.1, -0.05) is 0 Å². The molecule has 5 nitrogen and oxygen atoms in total. The van der Waals surface area contributed by atoms with E-state index in [0.29, 0.717) is 0 Å². The number of aryl methyl sites for hydroxylation is 1. The largest absolute Gasteiger partial charge is 0.330 e. The standard InChI is InChI=1S/C11H8F2N4O/c1-16-10-6(5-15-16)9(13)8(4-7(10)12)17-3-2-14-11(17)18/h2-5H,1H3,(H,14,18). The van der Waals surface area contributed by atoms with Crippen LogP contribution in [0.15, 0.2) is 29.5 Å². The highest BCUT2D eigenvalue weighted by Gasteiger charge is 2.17. The van der Waals surface area contributed by atoms with Crippen molar-refractivity contribution < 1.29 is 8.78 Å². The molecular formula is C11H8F2N4O. The Kier molecular flexibility index (Phi) is 2.09. The zero-order chi connectivity index (χ0) is 12.9. The first-order valence-electron chi connectivity index (χ1n) is 5.15. The number of rotatable bonds is 1. The molecule has 1 N–H and O–H groups in total. The summed E-state index contributed by atoms with van der Waals surface area (Å²) >= 11 is 0. The van der Waals surface area contributed by atoms with Gasteiger partial charge in [0, 0.05) is 25.5 Å². The van der Waals surface area contributed by atoms with Gasteiger partial charge < -0.3 is 4.98 Å². The molecule has 0 atom stereocenters. The normalized spacial score (nSPS) is 11.3. The zero-order valence-corrected chi connectivity index (χ0v) is 9.32. The van der Waals surface area contributed by atoms with Gasteiger partial charge in [-0.25, -0.2) is 13.6 Å². The number of halogens is 2. The molecule has 0 aliphatic heterocycles. The molecule has 92 valence electrons. The number of nitrogens with zero attached hydrogens (tertiary/aromatic N) is 3. The van der Waals surface area contributed by atoms with Crippen molar-refractivity contribution in [3.63, 3.8) is 0 Å². The summed E-state index contributed by atoms with van der Waals surface area (Å²) in [6.07, 6.45) is 3.92. The quantitative estimate of drug-likeness (QED) is 0.708. The van der Waals surface area contributed by atoms with Crippen LogP contribution in [-0.2, 0) is 7.05 Å². The summed E-state index contributed by atoms with van der Waals surface area (Å²) in [6, 6.07) is 0.981. The smallest absolute Gasteiger partial charge is 0.312 e. The van der Waals surface area contributed by atoms with Crippen LogP contribution >= 0.6 is 0 Å². The molecule has 0 aliphatic rings. The third-order valence-corrected chi connectivity index (χ3v) is 2.80. The number of imidazole rings is 1. The van der Waals surface area contributed by atoms with Gasteiger partial charge in [0.25, 0.3) is 0 Å². The number of aromatic amines is 1. The molecule has 2 aromatic heterocycles. The molecule has 3 aromatic rings. The molecule has 0 radical (unpaired) electrons. The van der Waals surface area contributed by atoms with Crippen LogP contribution in [0, 0.1) is 11.6 Å². The lowest BCUT2D eigenvalue weighted by molar-refractivity contribution is 0.602. The molecule has 0 bridgehead atoms. The van der Waals surface area contributed by atoms with E-state index in [-0.39, 0.29) is 16.6 Å². The van der Waals surface area contributed by atoms with Crippen LogP contribution in [0.25, 0.3) is 16.6 Å². The first kappa shape index (κ1) is 10.7. The van der Waals surface area contributed by atoms with Crippen molar-refractivity contribution in [1.82, 2.24) is 19.3 Å². The molecule has 0 fully saturated rings. The van der Waals surface area contributed by atoms with E-state index in [1.165, 1.54) is 30.3 Å². The average Bonchev–Trinajstić information content (AvgIpc) is 2.91. The lowest BCUT2D eigenvalue weighted by atomic mass is 10.2. The third-order valence-electron chi connectivity index (χ3n) is 2.80. The van der Waals surface area contributed by atoms with Gasteiger partial charge in [0.05, 0.1) is 17.3 Å². The first-order chi connectivity index (χ1) is 8.59. The van der Waals surface area contributed by atoms with Crippen molar-refractivity contribution >= 4 is 10.9 Å². The van der Waals surface area contributed by atoms with Crippen molar-refractivity contribution in [3.05, 3.63) is 46.8 Å². The van der Waals surface area contributed by atoms with E-state index in [4.69, 9.17) is 0 Å². The van der Waals surface area contributed by atoms with Crippen LogP contribution in [0.3, 0.4) is 0 Å². The predicted molar refractivity (Wildman–Crippen MR) is 60.6 cm³/mol. The van der Waals surface area contributed by atoms with E-state index in [2.05, 4.69) is 10.1 Å². The van der Waals surface area contributed by atoms with Crippen molar-refractivity contribution in [1.29, 1.82) is 0 Å². The molecule has 0 saturated carbocycles. The van der Waals surface area contributed by atoms with E-state index in [9.17, 15) is 13.6 Å². The van der Waals surface area contributed by atoms with E-state index >= 15 is 0 Å². The Hall–Kier alpha value is -2.44. The summed E-state index contributed by atoms with van der Waals surface area (Å²) in [5, 5.41) is 3.85. The molecule has 0 aliphatic carbocycles. The SMILES string of the molecule is Cn1ncc2c(F)c(-n3cc[nH]c3=O)cc(F)c21. The van der Waals surface area contributed by atoms with E-state index < -0.39 is 17.3 Å².